The molecule has 0 aromatic heterocycles. The first-order chi connectivity index (χ1) is 11.2. The highest BCUT2D eigenvalue weighted by Crippen LogP contribution is 2.23. The Hall–Kier alpha value is -2.04. The molecule has 126 valence electrons. The predicted molar refractivity (Wildman–Crippen MR) is 89.0 cm³/mol. The third-order valence-corrected chi connectivity index (χ3v) is 4.14. The molecular formula is C18H26N2O3. The van der Waals surface area contributed by atoms with Gasteiger partial charge in [-0.15, -0.1) is 0 Å². The highest BCUT2D eigenvalue weighted by molar-refractivity contribution is 5.95. The summed E-state index contributed by atoms with van der Waals surface area (Å²) in [6, 6.07) is 7.00. The first-order valence-electron chi connectivity index (χ1n) is 8.53. The van der Waals surface area contributed by atoms with Crippen molar-refractivity contribution in [1.82, 2.24) is 10.9 Å². The summed E-state index contributed by atoms with van der Waals surface area (Å²) in [4.78, 5) is 24.2. The summed E-state index contributed by atoms with van der Waals surface area (Å²) in [5.74, 6) is 0.279. The molecule has 0 saturated heterocycles. The Bertz CT molecular complexity index is 525. The molecule has 5 nitrogen and oxygen atoms in total. The Morgan fingerprint density at radius 3 is 2.70 bits per heavy atom. The van der Waals surface area contributed by atoms with Crippen molar-refractivity contribution in [1.29, 1.82) is 0 Å². The number of carbonyl (C=O) groups is 2. The third-order valence-electron chi connectivity index (χ3n) is 4.14. The fourth-order valence-corrected chi connectivity index (χ4v) is 2.72. The van der Waals surface area contributed by atoms with Gasteiger partial charge in [-0.05, 0) is 37.5 Å². The molecule has 1 fully saturated rings. The maximum atomic E-state index is 12.1. The van der Waals surface area contributed by atoms with E-state index >= 15 is 0 Å². The van der Waals surface area contributed by atoms with Gasteiger partial charge >= 0.3 is 0 Å². The molecule has 1 aromatic carbocycles. The Balaban J connectivity index is 1.82. The molecule has 0 atom stereocenters. The summed E-state index contributed by atoms with van der Waals surface area (Å²) in [6.07, 6.45) is 7.22. The van der Waals surface area contributed by atoms with E-state index in [0.717, 1.165) is 38.5 Å². The quantitative estimate of drug-likeness (QED) is 0.625. The third kappa shape index (κ3) is 5.58. The van der Waals surface area contributed by atoms with E-state index in [1.807, 2.05) is 6.07 Å². The van der Waals surface area contributed by atoms with E-state index < -0.39 is 0 Å². The van der Waals surface area contributed by atoms with Gasteiger partial charge in [0, 0.05) is 11.5 Å². The second kappa shape index (κ2) is 9.18. The molecular weight excluding hydrogens is 292 g/mol. The number of ether oxygens (including phenoxy) is 1. The van der Waals surface area contributed by atoms with Crippen molar-refractivity contribution >= 4 is 11.8 Å². The molecule has 23 heavy (non-hydrogen) atoms. The summed E-state index contributed by atoms with van der Waals surface area (Å²) in [5, 5.41) is 0. The Morgan fingerprint density at radius 2 is 1.96 bits per heavy atom. The molecule has 1 aliphatic carbocycles. The molecule has 0 heterocycles. The van der Waals surface area contributed by atoms with Gasteiger partial charge in [-0.1, -0.05) is 38.7 Å². The number of nitrogens with one attached hydrogen (secondary N) is 2. The number of hydrogen-bond donors (Lipinski definition) is 2. The summed E-state index contributed by atoms with van der Waals surface area (Å²) >= 11 is 0. The van der Waals surface area contributed by atoms with Crippen molar-refractivity contribution in [2.45, 2.75) is 51.9 Å². The fourth-order valence-electron chi connectivity index (χ4n) is 2.72. The molecule has 0 bridgehead atoms. The molecule has 5 heteroatoms. The highest BCUT2D eigenvalue weighted by atomic mass is 16.5. The van der Waals surface area contributed by atoms with E-state index in [1.165, 1.54) is 6.42 Å². The van der Waals surface area contributed by atoms with Crippen LogP contribution >= 0.6 is 0 Å². The number of hydrazine groups is 1. The van der Waals surface area contributed by atoms with Crippen LogP contribution in [0.2, 0.25) is 0 Å². The van der Waals surface area contributed by atoms with Crippen LogP contribution in [0.5, 0.6) is 5.75 Å². The zero-order valence-corrected chi connectivity index (χ0v) is 13.8. The highest BCUT2D eigenvalue weighted by Gasteiger charge is 2.21. The molecule has 0 radical (unpaired) electrons. The average Bonchev–Trinajstić information content (AvgIpc) is 2.60. The molecule has 2 N–H and O–H groups in total. The minimum absolute atomic E-state index is 0.0211. The van der Waals surface area contributed by atoms with Crippen LogP contribution < -0.4 is 15.6 Å². The molecule has 1 aliphatic rings. The number of benzene rings is 1. The van der Waals surface area contributed by atoms with Crippen LogP contribution in [0, 0.1) is 5.92 Å². The number of rotatable bonds is 6. The van der Waals surface area contributed by atoms with Crippen LogP contribution in [0.3, 0.4) is 0 Å². The normalized spacial score (nSPS) is 15.0. The zero-order valence-electron chi connectivity index (χ0n) is 13.8. The Morgan fingerprint density at radius 1 is 1.17 bits per heavy atom. The van der Waals surface area contributed by atoms with Gasteiger partial charge in [0.15, 0.2) is 0 Å². The first-order valence-corrected chi connectivity index (χ1v) is 8.53. The van der Waals surface area contributed by atoms with Crippen molar-refractivity contribution in [3.63, 3.8) is 0 Å². The largest absolute Gasteiger partial charge is 0.494 e. The first kappa shape index (κ1) is 17.3. The lowest BCUT2D eigenvalue weighted by molar-refractivity contribution is -0.126. The lowest BCUT2D eigenvalue weighted by Crippen LogP contribution is -2.44. The smallest absolute Gasteiger partial charge is 0.269 e. The van der Waals surface area contributed by atoms with Crippen LogP contribution in [0.25, 0.3) is 0 Å². The van der Waals surface area contributed by atoms with Crippen molar-refractivity contribution in [2.75, 3.05) is 6.61 Å². The number of carbonyl (C=O) groups excluding carboxylic acids is 2. The molecule has 0 aliphatic heterocycles. The van der Waals surface area contributed by atoms with E-state index in [1.54, 1.807) is 18.2 Å². The molecule has 0 spiro atoms. The van der Waals surface area contributed by atoms with Crippen molar-refractivity contribution in [2.24, 2.45) is 5.92 Å². The standard InChI is InChI=1S/C18H26N2O3/c1-2-3-12-23-16-11-7-10-15(13-16)18(22)20-19-17(21)14-8-5-4-6-9-14/h7,10-11,13-14H,2-6,8-9,12H2,1H3,(H,19,21)(H,20,22). The van der Waals surface area contributed by atoms with E-state index in [9.17, 15) is 9.59 Å². The lowest BCUT2D eigenvalue weighted by Gasteiger charge is -2.20. The van der Waals surface area contributed by atoms with Crippen molar-refractivity contribution < 1.29 is 14.3 Å². The topological polar surface area (TPSA) is 67.4 Å². The number of hydrogen-bond acceptors (Lipinski definition) is 3. The molecule has 2 amide bonds. The minimum Gasteiger partial charge on any atom is -0.494 e. The SMILES string of the molecule is CCCCOc1cccc(C(=O)NNC(=O)C2CCCCC2)c1. The van der Waals surface area contributed by atoms with Gasteiger partial charge in [0.05, 0.1) is 6.61 Å². The summed E-state index contributed by atoms with van der Waals surface area (Å²) in [7, 11) is 0. The van der Waals surface area contributed by atoms with E-state index in [-0.39, 0.29) is 17.7 Å². The van der Waals surface area contributed by atoms with E-state index in [0.29, 0.717) is 17.9 Å². The van der Waals surface area contributed by atoms with Gasteiger partial charge in [0.25, 0.3) is 5.91 Å². The summed E-state index contributed by atoms with van der Waals surface area (Å²) in [5.41, 5.74) is 5.51. The monoisotopic (exact) mass is 318 g/mol. The van der Waals surface area contributed by atoms with Crippen LogP contribution in [0.4, 0.5) is 0 Å². The van der Waals surface area contributed by atoms with Crippen molar-refractivity contribution in [3.8, 4) is 5.75 Å². The van der Waals surface area contributed by atoms with Crippen LogP contribution in [0.1, 0.15) is 62.2 Å². The van der Waals surface area contributed by atoms with Gasteiger partial charge in [0.2, 0.25) is 5.91 Å². The predicted octanol–water partition coefficient (Wildman–Crippen LogP) is 3.21. The Kier molecular flexibility index (Phi) is 6.91. The molecule has 2 rings (SSSR count). The molecule has 0 unspecified atom stereocenters. The van der Waals surface area contributed by atoms with E-state index in [2.05, 4.69) is 17.8 Å². The van der Waals surface area contributed by atoms with Crippen LogP contribution in [-0.4, -0.2) is 18.4 Å². The Labute approximate surface area is 137 Å². The lowest BCUT2D eigenvalue weighted by atomic mass is 9.89. The maximum Gasteiger partial charge on any atom is 0.269 e. The number of amides is 2. The summed E-state index contributed by atoms with van der Waals surface area (Å²) < 4.78 is 5.59. The summed E-state index contributed by atoms with van der Waals surface area (Å²) in [6.45, 7) is 2.74. The van der Waals surface area contributed by atoms with Crippen LogP contribution in [0.15, 0.2) is 24.3 Å². The second-order valence-electron chi connectivity index (χ2n) is 6.01. The van der Waals surface area contributed by atoms with Gasteiger partial charge in [-0.25, -0.2) is 0 Å². The van der Waals surface area contributed by atoms with Gasteiger partial charge in [-0.3, -0.25) is 20.4 Å². The van der Waals surface area contributed by atoms with Gasteiger partial charge in [0.1, 0.15) is 5.75 Å². The van der Waals surface area contributed by atoms with E-state index in [4.69, 9.17) is 4.74 Å². The van der Waals surface area contributed by atoms with Gasteiger partial charge in [-0.2, -0.15) is 0 Å². The number of unbranched alkanes of at least 4 members (excludes halogenated alkanes) is 1. The fraction of sp³-hybridized carbons (Fsp3) is 0.556. The maximum absolute atomic E-state index is 12.1. The second-order valence-corrected chi connectivity index (χ2v) is 6.01. The zero-order chi connectivity index (χ0) is 16.5. The van der Waals surface area contributed by atoms with Gasteiger partial charge < -0.3 is 4.74 Å². The average molecular weight is 318 g/mol. The minimum atomic E-state index is -0.324. The van der Waals surface area contributed by atoms with Crippen LogP contribution in [-0.2, 0) is 4.79 Å². The molecule has 1 aromatic rings. The molecule has 1 saturated carbocycles. The van der Waals surface area contributed by atoms with Crippen molar-refractivity contribution in [3.05, 3.63) is 29.8 Å².